The summed E-state index contributed by atoms with van der Waals surface area (Å²) in [5, 5.41) is 7.06. The molecule has 1 aromatic heterocycles. The van der Waals surface area contributed by atoms with E-state index < -0.39 is 10.0 Å². The minimum absolute atomic E-state index is 0.116. The second-order valence-electron chi connectivity index (χ2n) is 7.62. The maximum Gasteiger partial charge on any atom is 0.220 e. The molecule has 0 bridgehead atoms. The van der Waals surface area contributed by atoms with E-state index in [1.54, 1.807) is 6.07 Å². The lowest BCUT2D eigenvalue weighted by atomic mass is 10.3. The van der Waals surface area contributed by atoms with Crippen molar-refractivity contribution in [3.63, 3.8) is 0 Å². The topological polar surface area (TPSA) is 94.3 Å². The highest BCUT2D eigenvalue weighted by molar-refractivity contribution is 7.88. The Morgan fingerprint density at radius 1 is 1.17 bits per heavy atom. The van der Waals surface area contributed by atoms with E-state index in [2.05, 4.69) is 27.2 Å². The van der Waals surface area contributed by atoms with Gasteiger partial charge in [0.1, 0.15) is 12.0 Å². The Balaban J connectivity index is 1.44. The van der Waals surface area contributed by atoms with Gasteiger partial charge in [-0.15, -0.1) is 0 Å². The van der Waals surface area contributed by atoms with Gasteiger partial charge in [0.2, 0.25) is 10.0 Å². The second kappa shape index (κ2) is 10.9. The van der Waals surface area contributed by atoms with Crippen molar-refractivity contribution in [3.8, 4) is 0 Å². The van der Waals surface area contributed by atoms with Crippen molar-refractivity contribution in [1.82, 2.24) is 24.6 Å². The molecule has 0 atom stereocenters. The Labute approximate surface area is 174 Å². The van der Waals surface area contributed by atoms with Gasteiger partial charge in [-0.1, -0.05) is 5.16 Å². The number of guanidine groups is 1. The maximum atomic E-state index is 12.6. The van der Waals surface area contributed by atoms with Crippen molar-refractivity contribution in [2.45, 2.75) is 38.4 Å². The zero-order valence-corrected chi connectivity index (χ0v) is 18.2. The van der Waals surface area contributed by atoms with Gasteiger partial charge < -0.3 is 19.6 Å². The Bertz CT molecular complexity index is 723. The van der Waals surface area contributed by atoms with Gasteiger partial charge in [0.25, 0.3) is 0 Å². The Kier molecular flexibility index (Phi) is 8.31. The van der Waals surface area contributed by atoms with Gasteiger partial charge >= 0.3 is 0 Å². The van der Waals surface area contributed by atoms with Crippen LogP contribution in [0.2, 0.25) is 0 Å². The van der Waals surface area contributed by atoms with Gasteiger partial charge in [-0.3, -0.25) is 4.99 Å². The predicted octanol–water partition coefficient (Wildman–Crippen LogP) is 0.964. The van der Waals surface area contributed by atoms with Crippen molar-refractivity contribution in [1.29, 1.82) is 0 Å². The summed E-state index contributed by atoms with van der Waals surface area (Å²) in [5.74, 6) is 0.775. The number of hydrogen-bond donors (Lipinski definition) is 1. The first-order chi connectivity index (χ1) is 14.1. The van der Waals surface area contributed by atoms with Crippen LogP contribution in [-0.2, 0) is 15.8 Å². The zero-order valence-electron chi connectivity index (χ0n) is 17.4. The monoisotopic (exact) mass is 426 g/mol. The summed E-state index contributed by atoms with van der Waals surface area (Å²) >= 11 is 0. The molecule has 0 aliphatic carbocycles. The number of nitrogens with one attached hydrogen (secondary N) is 1. The molecule has 0 unspecified atom stereocenters. The Hall–Kier alpha value is -1.65. The molecule has 0 radical (unpaired) electrons. The minimum Gasteiger partial charge on any atom is -0.364 e. The van der Waals surface area contributed by atoms with Crippen LogP contribution in [0.25, 0.3) is 0 Å². The highest BCUT2D eigenvalue weighted by Crippen LogP contribution is 2.13. The lowest BCUT2D eigenvalue weighted by molar-refractivity contribution is 0.259. The van der Waals surface area contributed by atoms with Crippen LogP contribution in [0, 0.1) is 0 Å². The molecule has 2 saturated heterocycles. The van der Waals surface area contributed by atoms with Crippen molar-refractivity contribution >= 4 is 16.0 Å². The number of aliphatic imine (C=N–C) groups is 1. The van der Waals surface area contributed by atoms with Gasteiger partial charge in [0, 0.05) is 45.3 Å². The van der Waals surface area contributed by atoms with Crippen LogP contribution in [0.4, 0.5) is 0 Å². The third-order valence-corrected chi connectivity index (χ3v) is 7.24. The summed E-state index contributed by atoms with van der Waals surface area (Å²) in [6, 6.07) is 1.59. The first-order valence-electron chi connectivity index (χ1n) is 10.7. The first-order valence-corrected chi connectivity index (χ1v) is 12.3. The van der Waals surface area contributed by atoms with Crippen molar-refractivity contribution < 1.29 is 12.9 Å². The van der Waals surface area contributed by atoms with E-state index in [4.69, 9.17) is 9.52 Å². The molecule has 164 valence electrons. The third kappa shape index (κ3) is 6.68. The summed E-state index contributed by atoms with van der Waals surface area (Å²) < 4.78 is 31.4. The Morgan fingerprint density at radius 3 is 2.59 bits per heavy atom. The van der Waals surface area contributed by atoms with Crippen LogP contribution in [0.5, 0.6) is 0 Å². The molecule has 9 nitrogen and oxygen atoms in total. The van der Waals surface area contributed by atoms with Crippen LogP contribution in [-0.4, -0.2) is 92.5 Å². The molecular formula is C19H34N6O3S. The smallest absolute Gasteiger partial charge is 0.220 e. The molecule has 3 heterocycles. The molecule has 3 rings (SSSR count). The van der Waals surface area contributed by atoms with E-state index in [1.165, 1.54) is 49.5 Å². The van der Waals surface area contributed by atoms with Gasteiger partial charge in [0.15, 0.2) is 5.96 Å². The fourth-order valence-electron chi connectivity index (χ4n) is 3.83. The van der Waals surface area contributed by atoms with Crippen LogP contribution in [0.3, 0.4) is 0 Å². The quantitative estimate of drug-likeness (QED) is 0.357. The summed E-state index contributed by atoms with van der Waals surface area (Å²) in [6.45, 7) is 9.52. The normalized spacial score (nSPS) is 19.8. The van der Waals surface area contributed by atoms with E-state index in [-0.39, 0.29) is 5.75 Å². The fraction of sp³-hybridized carbons (Fsp3) is 0.789. The molecule has 0 aromatic carbocycles. The van der Waals surface area contributed by atoms with E-state index in [0.717, 1.165) is 25.5 Å². The highest BCUT2D eigenvalue weighted by Gasteiger charge is 2.28. The standard InChI is InChI=1S/C19H34N6O3S/c1-2-20-19(21-8-3-4-9-23-10-5-6-11-23)24-12-14-25(15-13-24)29(26,27)17-18-7-16-28-22-18/h7,16H,2-6,8-15,17H2,1H3,(H,20,21). The average molecular weight is 427 g/mol. The molecule has 10 heteroatoms. The van der Waals surface area contributed by atoms with Gasteiger partial charge in [0.05, 0.1) is 5.69 Å². The van der Waals surface area contributed by atoms with Crippen LogP contribution in [0.15, 0.2) is 21.8 Å². The van der Waals surface area contributed by atoms with E-state index in [9.17, 15) is 8.42 Å². The SMILES string of the molecule is CCNC(=NCCCCN1CCCC1)N1CCN(S(=O)(=O)Cc2ccon2)CC1. The van der Waals surface area contributed by atoms with Gasteiger partial charge in [-0.25, -0.2) is 8.42 Å². The van der Waals surface area contributed by atoms with Crippen molar-refractivity contribution in [2.24, 2.45) is 4.99 Å². The molecule has 2 fully saturated rings. The third-order valence-electron chi connectivity index (χ3n) is 5.43. The molecule has 1 aromatic rings. The lowest BCUT2D eigenvalue weighted by Crippen LogP contribution is -2.53. The summed E-state index contributed by atoms with van der Waals surface area (Å²) in [5.41, 5.74) is 0.441. The largest absolute Gasteiger partial charge is 0.364 e. The van der Waals surface area contributed by atoms with Crippen LogP contribution >= 0.6 is 0 Å². The Morgan fingerprint density at radius 2 is 1.93 bits per heavy atom. The molecule has 0 spiro atoms. The highest BCUT2D eigenvalue weighted by atomic mass is 32.2. The lowest BCUT2D eigenvalue weighted by Gasteiger charge is -2.35. The molecule has 2 aliphatic rings. The van der Waals surface area contributed by atoms with Gasteiger partial charge in [-0.05, 0) is 52.2 Å². The summed E-state index contributed by atoms with van der Waals surface area (Å²) in [7, 11) is -3.38. The second-order valence-corrected chi connectivity index (χ2v) is 9.59. The van der Waals surface area contributed by atoms with E-state index >= 15 is 0 Å². The van der Waals surface area contributed by atoms with Crippen LogP contribution in [0.1, 0.15) is 38.3 Å². The molecule has 0 amide bonds. The number of likely N-dealkylation sites (tertiary alicyclic amines) is 1. The van der Waals surface area contributed by atoms with Crippen molar-refractivity contribution in [2.75, 3.05) is 58.9 Å². The van der Waals surface area contributed by atoms with Gasteiger partial charge in [-0.2, -0.15) is 4.31 Å². The maximum absolute atomic E-state index is 12.6. The molecule has 29 heavy (non-hydrogen) atoms. The number of unbranched alkanes of at least 4 members (excludes halogenated alkanes) is 1. The molecular weight excluding hydrogens is 392 g/mol. The number of rotatable bonds is 9. The fourth-order valence-corrected chi connectivity index (χ4v) is 5.26. The zero-order chi connectivity index (χ0) is 20.5. The predicted molar refractivity (Wildman–Crippen MR) is 113 cm³/mol. The minimum atomic E-state index is -3.38. The first kappa shape index (κ1) is 22.0. The number of piperazine rings is 1. The van der Waals surface area contributed by atoms with E-state index in [1.807, 2.05) is 0 Å². The molecule has 0 saturated carbocycles. The average Bonchev–Trinajstić information content (AvgIpc) is 3.41. The summed E-state index contributed by atoms with van der Waals surface area (Å²) in [6.07, 6.45) is 6.33. The van der Waals surface area contributed by atoms with E-state index in [0.29, 0.717) is 31.9 Å². The number of aromatic nitrogens is 1. The summed E-state index contributed by atoms with van der Waals surface area (Å²) in [4.78, 5) is 9.47. The van der Waals surface area contributed by atoms with Crippen LogP contribution < -0.4 is 5.32 Å². The molecule has 2 aliphatic heterocycles. The number of nitrogens with zero attached hydrogens (tertiary/aromatic N) is 5. The molecule has 1 N–H and O–H groups in total. The van der Waals surface area contributed by atoms with Crippen molar-refractivity contribution in [3.05, 3.63) is 18.0 Å². The number of hydrogen-bond acceptors (Lipinski definition) is 6. The number of sulfonamides is 1.